The number of likely N-dealkylation sites (tertiary alicyclic amines) is 1. The van der Waals surface area contributed by atoms with Crippen molar-refractivity contribution in [2.24, 2.45) is 0 Å². The van der Waals surface area contributed by atoms with Crippen molar-refractivity contribution < 1.29 is 17.9 Å². The van der Waals surface area contributed by atoms with Gasteiger partial charge in [-0.15, -0.1) is 11.3 Å². The zero-order valence-corrected chi connectivity index (χ0v) is 23.6. The van der Waals surface area contributed by atoms with E-state index in [-0.39, 0.29) is 10.3 Å². The van der Waals surface area contributed by atoms with Gasteiger partial charge < -0.3 is 14.4 Å². The van der Waals surface area contributed by atoms with E-state index in [0.717, 1.165) is 47.5 Å². The number of benzene rings is 2. The Balaban J connectivity index is 1.45. The van der Waals surface area contributed by atoms with Gasteiger partial charge in [-0.2, -0.15) is 0 Å². The van der Waals surface area contributed by atoms with Crippen LogP contribution in [-0.4, -0.2) is 51.7 Å². The molecule has 1 atom stereocenters. The van der Waals surface area contributed by atoms with Gasteiger partial charge in [-0.1, -0.05) is 29.3 Å². The van der Waals surface area contributed by atoms with Gasteiger partial charge in [0.1, 0.15) is 31.7 Å². The Hall–Kier alpha value is -2.56. The van der Waals surface area contributed by atoms with Gasteiger partial charge in [0.2, 0.25) is 0 Å². The van der Waals surface area contributed by atoms with E-state index >= 15 is 0 Å². The van der Waals surface area contributed by atoms with Crippen molar-refractivity contribution in [2.45, 2.75) is 23.7 Å². The topological polar surface area (TPSA) is 80.8 Å². The van der Waals surface area contributed by atoms with Gasteiger partial charge in [-0.25, -0.2) is 13.4 Å². The number of hydrogen-bond donors (Lipinski definition) is 1. The third-order valence-electron chi connectivity index (χ3n) is 6.22. The smallest absolute Gasteiger partial charge is 0.271 e. The highest BCUT2D eigenvalue weighted by atomic mass is 35.5. The molecule has 0 unspecified atom stereocenters. The molecular formula is C26H25Cl2N3O4S2. The van der Waals surface area contributed by atoms with Crippen molar-refractivity contribution in [2.75, 3.05) is 32.0 Å². The molecule has 37 heavy (non-hydrogen) atoms. The number of halogens is 2. The van der Waals surface area contributed by atoms with Crippen LogP contribution in [0.2, 0.25) is 9.36 Å². The lowest BCUT2D eigenvalue weighted by molar-refractivity contribution is 0.208. The number of rotatable bonds is 7. The number of thiophene rings is 1. The van der Waals surface area contributed by atoms with Crippen molar-refractivity contribution in [3.05, 3.63) is 63.6 Å². The number of nitrogens with one attached hydrogen (secondary N) is 1. The van der Waals surface area contributed by atoms with E-state index in [9.17, 15) is 8.42 Å². The summed E-state index contributed by atoms with van der Waals surface area (Å²) in [5, 5.41) is 1.24. The fourth-order valence-corrected chi connectivity index (χ4v) is 7.35. The minimum absolute atomic E-state index is 0.00520. The van der Waals surface area contributed by atoms with E-state index in [2.05, 4.69) is 14.6 Å². The second-order valence-corrected chi connectivity index (χ2v) is 12.9. The van der Waals surface area contributed by atoms with Crippen LogP contribution in [0, 0.1) is 6.92 Å². The van der Waals surface area contributed by atoms with Crippen LogP contribution in [0.15, 0.2) is 52.7 Å². The van der Waals surface area contributed by atoms with Gasteiger partial charge in [0.15, 0.2) is 0 Å². The molecule has 1 aliphatic heterocycles. The number of likely N-dealkylation sites (N-methyl/N-ethyl adjacent to an activating group) is 1. The largest absolute Gasteiger partial charge is 0.494 e. The molecule has 7 nitrogen and oxygen atoms in total. The molecule has 2 aromatic heterocycles. The lowest BCUT2D eigenvalue weighted by Crippen LogP contribution is -2.21. The number of nitrogens with zero attached hydrogens (tertiary/aromatic N) is 2. The minimum Gasteiger partial charge on any atom is -0.494 e. The molecule has 0 radical (unpaired) electrons. The van der Waals surface area contributed by atoms with E-state index in [0.29, 0.717) is 37.6 Å². The van der Waals surface area contributed by atoms with E-state index in [1.165, 1.54) is 0 Å². The van der Waals surface area contributed by atoms with Crippen LogP contribution in [0.4, 0.5) is 5.69 Å². The number of aryl methyl sites for hydroxylation is 1. The van der Waals surface area contributed by atoms with Crippen LogP contribution in [0.5, 0.6) is 11.5 Å². The zero-order valence-electron chi connectivity index (χ0n) is 20.4. The molecular weight excluding hydrogens is 553 g/mol. The summed E-state index contributed by atoms with van der Waals surface area (Å²) in [6.07, 6.45) is 0.889. The van der Waals surface area contributed by atoms with Crippen LogP contribution in [-0.2, 0) is 10.0 Å². The van der Waals surface area contributed by atoms with Crippen molar-refractivity contribution in [1.82, 2.24) is 9.88 Å². The molecule has 1 aliphatic rings. The number of hydrogen-bond acceptors (Lipinski definition) is 7. The molecule has 5 rings (SSSR count). The molecule has 11 heteroatoms. The SMILES string of the molecule is COc1ccc(-c2cc(S(=O)(=O)Nc3ccc(Cl)c(O[C@@H]4CCN(C)C4)c3)sc2Cl)c2ccc(C)nc12. The number of pyridine rings is 1. The van der Waals surface area contributed by atoms with Crippen molar-refractivity contribution in [1.29, 1.82) is 0 Å². The Morgan fingerprint density at radius 3 is 2.62 bits per heavy atom. The van der Waals surface area contributed by atoms with Crippen LogP contribution < -0.4 is 14.2 Å². The first kappa shape index (κ1) is 26.1. The Morgan fingerprint density at radius 1 is 1.08 bits per heavy atom. The van der Waals surface area contributed by atoms with Gasteiger partial charge >= 0.3 is 0 Å². The number of fused-ring (bicyclic) bond motifs is 1. The quantitative estimate of drug-likeness (QED) is 0.271. The van der Waals surface area contributed by atoms with Crippen molar-refractivity contribution >= 4 is 61.2 Å². The maximum atomic E-state index is 13.3. The number of methoxy groups -OCH3 is 1. The summed E-state index contributed by atoms with van der Waals surface area (Å²) in [6.45, 7) is 3.63. The van der Waals surface area contributed by atoms with Crippen molar-refractivity contribution in [3.8, 4) is 22.6 Å². The number of aromatic nitrogens is 1. The first-order chi connectivity index (χ1) is 17.6. The fourth-order valence-electron chi connectivity index (χ4n) is 4.39. The molecule has 1 N–H and O–H groups in total. The molecule has 0 amide bonds. The molecule has 1 saturated heterocycles. The summed E-state index contributed by atoms with van der Waals surface area (Å²) in [4.78, 5) is 6.78. The van der Waals surface area contributed by atoms with Gasteiger partial charge in [-0.3, -0.25) is 4.72 Å². The first-order valence-corrected chi connectivity index (χ1v) is 14.6. The first-order valence-electron chi connectivity index (χ1n) is 11.6. The maximum Gasteiger partial charge on any atom is 0.271 e. The van der Waals surface area contributed by atoms with Crippen LogP contribution in [0.3, 0.4) is 0 Å². The molecule has 3 heterocycles. The van der Waals surface area contributed by atoms with Crippen LogP contribution in [0.1, 0.15) is 12.1 Å². The third kappa shape index (κ3) is 5.37. The summed E-state index contributed by atoms with van der Waals surface area (Å²) < 4.78 is 41.2. The average molecular weight is 579 g/mol. The highest BCUT2D eigenvalue weighted by molar-refractivity contribution is 7.94. The molecule has 2 aromatic carbocycles. The lowest BCUT2D eigenvalue weighted by Gasteiger charge is -2.16. The third-order valence-corrected chi connectivity index (χ3v) is 9.75. The average Bonchev–Trinajstić information content (AvgIpc) is 3.45. The highest BCUT2D eigenvalue weighted by Gasteiger charge is 2.24. The lowest BCUT2D eigenvalue weighted by atomic mass is 10.0. The second-order valence-electron chi connectivity index (χ2n) is 8.96. The van der Waals surface area contributed by atoms with E-state index in [4.69, 9.17) is 32.7 Å². The molecule has 194 valence electrons. The molecule has 0 saturated carbocycles. The molecule has 0 bridgehead atoms. The highest BCUT2D eigenvalue weighted by Crippen LogP contribution is 2.42. The van der Waals surface area contributed by atoms with E-state index in [1.54, 1.807) is 31.4 Å². The summed E-state index contributed by atoms with van der Waals surface area (Å²) in [6, 6.07) is 13.9. The molecule has 0 aliphatic carbocycles. The number of ether oxygens (including phenoxy) is 2. The molecule has 1 fully saturated rings. The monoisotopic (exact) mass is 577 g/mol. The second kappa shape index (κ2) is 10.3. The summed E-state index contributed by atoms with van der Waals surface area (Å²) in [5.41, 5.74) is 3.27. The fraction of sp³-hybridized carbons (Fsp3) is 0.269. The van der Waals surface area contributed by atoms with Crippen LogP contribution in [0.25, 0.3) is 22.0 Å². The Labute approximate surface area is 230 Å². The van der Waals surface area contributed by atoms with Crippen molar-refractivity contribution in [3.63, 3.8) is 0 Å². The maximum absolute atomic E-state index is 13.3. The minimum atomic E-state index is -3.92. The summed E-state index contributed by atoms with van der Waals surface area (Å²) in [5.74, 6) is 1.08. The number of anilines is 1. The van der Waals surface area contributed by atoms with Gasteiger partial charge in [0, 0.05) is 35.8 Å². The summed E-state index contributed by atoms with van der Waals surface area (Å²) >= 11 is 13.9. The van der Waals surface area contributed by atoms with Gasteiger partial charge in [-0.05, 0) is 62.4 Å². The normalized spacial score (nSPS) is 16.3. The number of sulfonamides is 1. The predicted molar refractivity (Wildman–Crippen MR) is 150 cm³/mol. The van der Waals surface area contributed by atoms with Crippen LogP contribution >= 0.6 is 34.5 Å². The molecule has 0 spiro atoms. The van der Waals surface area contributed by atoms with E-state index < -0.39 is 10.0 Å². The predicted octanol–water partition coefficient (Wildman–Crippen LogP) is 6.47. The molecule has 4 aromatic rings. The Morgan fingerprint density at radius 2 is 1.89 bits per heavy atom. The van der Waals surface area contributed by atoms with E-state index in [1.807, 2.05) is 38.2 Å². The Kier molecular flexibility index (Phi) is 7.26. The standard InChI is InChI=1S/C26H25Cl2N3O4S2/c1-15-4-6-19-18(7-9-22(34-3)25(19)29-15)20-13-24(36-26(20)28)37(32,33)30-16-5-8-21(27)23(12-16)35-17-10-11-31(2)14-17/h4-9,12-13,17,30H,10-11,14H2,1-3H3/t17-/m1/s1. The van der Waals surface area contributed by atoms with Gasteiger partial charge in [0.25, 0.3) is 10.0 Å². The Bertz CT molecular complexity index is 1590. The zero-order chi connectivity index (χ0) is 26.3. The summed E-state index contributed by atoms with van der Waals surface area (Å²) in [7, 11) is -0.305. The van der Waals surface area contributed by atoms with Gasteiger partial charge in [0.05, 0.1) is 17.8 Å².